The standard InChI is InChI=1S/C19H15F4NO3/c1-26-17-10-18(25)24(11-16(17)12-2-4-13(20)5-3-12)14-6-8-15(9-7-14)27-19(21,22)23/h2-11,18,25H,1H3. The van der Waals surface area contributed by atoms with Gasteiger partial charge in [-0.25, -0.2) is 4.39 Å². The van der Waals surface area contributed by atoms with E-state index < -0.39 is 18.4 Å². The molecular weight excluding hydrogens is 366 g/mol. The summed E-state index contributed by atoms with van der Waals surface area (Å²) in [6.45, 7) is 0. The second-order valence-electron chi connectivity index (χ2n) is 5.65. The van der Waals surface area contributed by atoms with E-state index in [9.17, 15) is 22.7 Å². The number of nitrogens with zero attached hydrogens (tertiary/aromatic N) is 1. The molecular formula is C19H15F4NO3. The van der Waals surface area contributed by atoms with Crippen molar-refractivity contribution in [1.29, 1.82) is 0 Å². The highest BCUT2D eigenvalue weighted by atomic mass is 19.4. The summed E-state index contributed by atoms with van der Waals surface area (Å²) in [5.74, 6) is -0.369. The van der Waals surface area contributed by atoms with Crippen molar-refractivity contribution in [2.24, 2.45) is 0 Å². The number of rotatable bonds is 4. The molecule has 27 heavy (non-hydrogen) atoms. The number of hydrogen-bond donors (Lipinski definition) is 1. The third kappa shape index (κ3) is 4.40. The fraction of sp³-hybridized carbons (Fsp3) is 0.158. The first-order valence-electron chi connectivity index (χ1n) is 7.83. The van der Waals surface area contributed by atoms with Gasteiger partial charge in [-0.2, -0.15) is 0 Å². The molecule has 0 spiro atoms. The van der Waals surface area contributed by atoms with Crippen LogP contribution < -0.4 is 9.64 Å². The smallest absolute Gasteiger partial charge is 0.496 e. The van der Waals surface area contributed by atoms with Gasteiger partial charge in [-0.3, -0.25) is 0 Å². The first-order chi connectivity index (χ1) is 12.8. The highest BCUT2D eigenvalue weighted by Gasteiger charge is 2.31. The third-order valence-electron chi connectivity index (χ3n) is 3.86. The number of ether oxygens (including phenoxy) is 2. The maximum Gasteiger partial charge on any atom is 0.573 e. The monoisotopic (exact) mass is 381 g/mol. The predicted molar refractivity (Wildman–Crippen MR) is 91.1 cm³/mol. The van der Waals surface area contributed by atoms with Gasteiger partial charge in [0.15, 0.2) is 6.23 Å². The SMILES string of the molecule is COC1=CC(O)N(c2ccc(OC(F)(F)F)cc2)C=C1c1ccc(F)cc1. The van der Waals surface area contributed by atoms with Crippen molar-refractivity contribution in [3.8, 4) is 5.75 Å². The number of methoxy groups -OCH3 is 1. The van der Waals surface area contributed by atoms with E-state index in [0.717, 1.165) is 12.1 Å². The summed E-state index contributed by atoms with van der Waals surface area (Å²) in [5, 5.41) is 10.3. The van der Waals surface area contributed by atoms with E-state index in [0.29, 0.717) is 22.6 Å². The molecule has 8 heteroatoms. The summed E-state index contributed by atoms with van der Waals surface area (Å²) >= 11 is 0. The topological polar surface area (TPSA) is 41.9 Å². The van der Waals surface area contributed by atoms with E-state index in [4.69, 9.17) is 4.74 Å². The number of halogens is 4. The molecule has 4 nitrogen and oxygen atoms in total. The Labute approximate surface area is 152 Å². The average molecular weight is 381 g/mol. The molecule has 1 N–H and O–H groups in total. The van der Waals surface area contributed by atoms with Crippen LogP contribution in [0.1, 0.15) is 5.56 Å². The highest BCUT2D eigenvalue weighted by Crippen LogP contribution is 2.33. The summed E-state index contributed by atoms with van der Waals surface area (Å²) < 4.78 is 59.1. The number of aliphatic hydroxyl groups excluding tert-OH is 1. The van der Waals surface area contributed by atoms with Gasteiger partial charge in [0, 0.05) is 23.5 Å². The van der Waals surface area contributed by atoms with Crippen LogP contribution in [0.3, 0.4) is 0 Å². The number of aliphatic hydroxyl groups is 1. The van der Waals surface area contributed by atoms with Gasteiger partial charge in [0.1, 0.15) is 17.3 Å². The molecule has 0 amide bonds. The molecule has 0 saturated carbocycles. The van der Waals surface area contributed by atoms with Crippen molar-refractivity contribution in [3.63, 3.8) is 0 Å². The largest absolute Gasteiger partial charge is 0.573 e. The van der Waals surface area contributed by atoms with Gasteiger partial charge >= 0.3 is 6.36 Å². The second kappa shape index (κ2) is 7.32. The summed E-state index contributed by atoms with van der Waals surface area (Å²) in [4.78, 5) is 1.44. The fourth-order valence-electron chi connectivity index (χ4n) is 2.66. The molecule has 3 rings (SSSR count). The molecule has 1 heterocycles. The Balaban J connectivity index is 1.92. The minimum atomic E-state index is -4.78. The molecule has 0 aromatic heterocycles. The predicted octanol–water partition coefficient (Wildman–Crippen LogP) is 4.43. The molecule has 1 unspecified atom stereocenters. The lowest BCUT2D eigenvalue weighted by Crippen LogP contribution is -2.32. The Hall–Kier alpha value is -3.00. The number of alkyl halides is 3. The molecule has 0 aliphatic carbocycles. The van der Waals surface area contributed by atoms with Crippen LogP contribution in [0.5, 0.6) is 5.75 Å². The second-order valence-corrected chi connectivity index (χ2v) is 5.65. The first kappa shape index (κ1) is 18.8. The lowest BCUT2D eigenvalue weighted by atomic mass is 10.0. The van der Waals surface area contributed by atoms with E-state index in [1.165, 1.54) is 42.4 Å². The zero-order valence-electron chi connectivity index (χ0n) is 14.1. The van der Waals surface area contributed by atoms with Crippen LogP contribution in [0.4, 0.5) is 23.2 Å². The van der Waals surface area contributed by atoms with Gasteiger partial charge in [0.25, 0.3) is 0 Å². The van der Waals surface area contributed by atoms with Gasteiger partial charge in [0.2, 0.25) is 0 Å². The molecule has 2 aromatic rings. The maximum absolute atomic E-state index is 13.2. The van der Waals surface area contributed by atoms with Crippen molar-refractivity contribution in [2.45, 2.75) is 12.6 Å². The number of allylic oxidation sites excluding steroid dienone is 1. The van der Waals surface area contributed by atoms with Crippen molar-refractivity contribution >= 4 is 11.3 Å². The summed E-state index contributed by atoms with van der Waals surface area (Å²) in [6.07, 6.45) is -2.86. The van der Waals surface area contributed by atoms with Gasteiger partial charge in [-0.15, -0.1) is 13.2 Å². The Morgan fingerprint density at radius 2 is 1.63 bits per heavy atom. The number of hydrogen-bond acceptors (Lipinski definition) is 4. The maximum atomic E-state index is 13.2. The first-order valence-corrected chi connectivity index (χ1v) is 7.83. The number of anilines is 1. The third-order valence-corrected chi connectivity index (χ3v) is 3.86. The van der Waals surface area contributed by atoms with Gasteiger partial charge in [0.05, 0.1) is 7.11 Å². The fourth-order valence-corrected chi connectivity index (χ4v) is 2.66. The van der Waals surface area contributed by atoms with E-state index >= 15 is 0 Å². The van der Waals surface area contributed by atoms with Crippen LogP contribution in [-0.4, -0.2) is 24.8 Å². The van der Waals surface area contributed by atoms with Crippen LogP contribution >= 0.6 is 0 Å². The molecule has 0 bridgehead atoms. The van der Waals surface area contributed by atoms with E-state index in [2.05, 4.69) is 4.74 Å². The highest BCUT2D eigenvalue weighted by molar-refractivity contribution is 5.81. The van der Waals surface area contributed by atoms with Gasteiger partial charge in [-0.05, 0) is 42.0 Å². The molecule has 0 radical (unpaired) electrons. The van der Waals surface area contributed by atoms with Crippen molar-refractivity contribution in [1.82, 2.24) is 0 Å². The van der Waals surface area contributed by atoms with Crippen LogP contribution in [0.25, 0.3) is 5.57 Å². The van der Waals surface area contributed by atoms with E-state index in [1.54, 1.807) is 18.3 Å². The molecule has 142 valence electrons. The van der Waals surface area contributed by atoms with Crippen LogP contribution in [0, 0.1) is 5.82 Å². The van der Waals surface area contributed by atoms with Crippen molar-refractivity contribution in [2.75, 3.05) is 12.0 Å². The Bertz CT molecular complexity index is 858. The number of benzene rings is 2. The average Bonchev–Trinajstić information content (AvgIpc) is 2.62. The van der Waals surface area contributed by atoms with Crippen molar-refractivity contribution in [3.05, 3.63) is 77.9 Å². The summed E-state index contributed by atoms with van der Waals surface area (Å²) in [6, 6.07) is 10.8. The van der Waals surface area contributed by atoms with Crippen LogP contribution in [-0.2, 0) is 4.74 Å². The Kier molecular flexibility index (Phi) is 5.09. The molecule has 0 fully saturated rings. The van der Waals surface area contributed by atoms with Crippen LogP contribution in [0.15, 0.2) is 66.6 Å². The van der Waals surface area contributed by atoms with Crippen molar-refractivity contribution < 1.29 is 32.1 Å². The zero-order chi connectivity index (χ0) is 19.6. The molecule has 1 aliphatic rings. The Morgan fingerprint density at radius 3 is 2.19 bits per heavy atom. The van der Waals surface area contributed by atoms with E-state index in [-0.39, 0.29) is 5.75 Å². The Morgan fingerprint density at radius 1 is 1.00 bits per heavy atom. The van der Waals surface area contributed by atoms with Gasteiger partial charge < -0.3 is 19.5 Å². The van der Waals surface area contributed by atoms with Crippen LogP contribution in [0.2, 0.25) is 0 Å². The van der Waals surface area contributed by atoms with Gasteiger partial charge in [-0.1, -0.05) is 12.1 Å². The molecule has 0 saturated heterocycles. The quantitative estimate of drug-likeness (QED) is 0.796. The lowest BCUT2D eigenvalue weighted by Gasteiger charge is -2.30. The molecule has 1 aliphatic heterocycles. The molecule has 1 atom stereocenters. The minimum absolute atomic E-state index is 0.367. The summed E-state index contributed by atoms with van der Waals surface area (Å²) in [7, 11) is 1.44. The molecule has 2 aromatic carbocycles. The van der Waals surface area contributed by atoms with E-state index in [1.807, 2.05) is 0 Å². The minimum Gasteiger partial charge on any atom is -0.496 e. The summed E-state index contributed by atoms with van der Waals surface area (Å²) in [5.41, 5.74) is 1.67. The normalized spacial score (nSPS) is 17.3. The zero-order valence-corrected chi connectivity index (χ0v) is 14.1. The lowest BCUT2D eigenvalue weighted by molar-refractivity contribution is -0.274.